The summed E-state index contributed by atoms with van der Waals surface area (Å²) in [5, 5.41) is 6.14. The number of hydrogen-bond donors (Lipinski definition) is 1. The van der Waals surface area contributed by atoms with E-state index < -0.39 is 9.84 Å². The SMILES string of the molecule is O=C(CC1CS(=O)(=O)CCN1)c1cccc2ccsc12. The van der Waals surface area contributed by atoms with Crippen LogP contribution in [0.25, 0.3) is 10.1 Å². The summed E-state index contributed by atoms with van der Waals surface area (Å²) in [6, 6.07) is 7.38. The molecule has 0 saturated carbocycles. The van der Waals surface area contributed by atoms with E-state index in [1.807, 2.05) is 29.6 Å². The van der Waals surface area contributed by atoms with E-state index in [9.17, 15) is 13.2 Å². The third-order valence-corrected chi connectivity index (χ3v) is 6.21. The Morgan fingerprint density at radius 2 is 2.20 bits per heavy atom. The summed E-state index contributed by atoms with van der Waals surface area (Å²) in [4.78, 5) is 12.4. The molecular formula is C14H15NO3S2. The number of benzene rings is 1. The lowest BCUT2D eigenvalue weighted by Gasteiger charge is -2.23. The standard InChI is InChI=1S/C14H15NO3S2/c16-13(8-11-9-20(17,18)7-5-15-11)12-3-1-2-10-4-6-19-14(10)12/h1-4,6,11,15H,5,7-9H2. The molecule has 6 heteroatoms. The van der Waals surface area contributed by atoms with E-state index in [0.29, 0.717) is 12.1 Å². The largest absolute Gasteiger partial charge is 0.312 e. The van der Waals surface area contributed by atoms with E-state index >= 15 is 0 Å². The number of carbonyl (C=O) groups is 1. The molecule has 1 fully saturated rings. The van der Waals surface area contributed by atoms with E-state index in [4.69, 9.17) is 0 Å². The van der Waals surface area contributed by atoms with Gasteiger partial charge in [-0.05, 0) is 22.9 Å². The maximum atomic E-state index is 12.4. The van der Waals surface area contributed by atoms with Gasteiger partial charge in [0.15, 0.2) is 15.6 Å². The Labute approximate surface area is 121 Å². The highest BCUT2D eigenvalue weighted by Gasteiger charge is 2.26. The molecule has 106 valence electrons. The van der Waals surface area contributed by atoms with Crippen LogP contribution in [0.5, 0.6) is 0 Å². The zero-order valence-electron chi connectivity index (χ0n) is 10.8. The average molecular weight is 309 g/mol. The molecule has 4 nitrogen and oxygen atoms in total. The van der Waals surface area contributed by atoms with Gasteiger partial charge in [-0.25, -0.2) is 8.42 Å². The number of hydrogen-bond acceptors (Lipinski definition) is 5. The second kappa shape index (κ2) is 5.27. The molecule has 1 aliphatic rings. The Bertz CT molecular complexity index is 749. The van der Waals surface area contributed by atoms with E-state index in [2.05, 4.69) is 5.32 Å². The van der Waals surface area contributed by atoms with Gasteiger partial charge in [0, 0.05) is 29.3 Å². The minimum absolute atomic E-state index is 0.00708. The fourth-order valence-corrected chi connectivity index (χ4v) is 4.92. The summed E-state index contributed by atoms with van der Waals surface area (Å²) in [6.07, 6.45) is 0.232. The molecule has 20 heavy (non-hydrogen) atoms. The van der Waals surface area contributed by atoms with E-state index in [-0.39, 0.29) is 29.8 Å². The first-order valence-electron chi connectivity index (χ1n) is 6.48. The predicted molar refractivity (Wildman–Crippen MR) is 81.2 cm³/mol. The Kier molecular flexibility index (Phi) is 3.62. The summed E-state index contributed by atoms with van der Waals surface area (Å²) >= 11 is 1.54. The molecule has 0 spiro atoms. The maximum Gasteiger partial charge on any atom is 0.165 e. The molecule has 1 aliphatic heterocycles. The number of carbonyl (C=O) groups excluding carboxylic acids is 1. The predicted octanol–water partition coefficient (Wildman–Crippen LogP) is 1.86. The number of ketones is 1. The number of thiophene rings is 1. The third kappa shape index (κ3) is 2.77. The molecule has 0 bridgehead atoms. The first-order valence-corrected chi connectivity index (χ1v) is 9.18. The number of sulfone groups is 1. The van der Waals surface area contributed by atoms with Crippen molar-refractivity contribution in [2.75, 3.05) is 18.1 Å². The zero-order valence-corrected chi connectivity index (χ0v) is 12.5. The van der Waals surface area contributed by atoms with Gasteiger partial charge in [-0.2, -0.15) is 0 Å². The van der Waals surface area contributed by atoms with Crippen LogP contribution in [0, 0.1) is 0 Å². The maximum absolute atomic E-state index is 12.4. The number of rotatable bonds is 3. The Balaban J connectivity index is 1.81. The van der Waals surface area contributed by atoms with Crippen LogP contribution in [0.4, 0.5) is 0 Å². The van der Waals surface area contributed by atoms with Gasteiger partial charge in [0.1, 0.15) is 0 Å². The molecule has 0 aliphatic carbocycles. The van der Waals surface area contributed by atoms with Crippen molar-refractivity contribution in [3.63, 3.8) is 0 Å². The molecule has 2 aromatic rings. The van der Waals surface area contributed by atoms with Crippen LogP contribution < -0.4 is 5.32 Å². The average Bonchev–Trinajstić information content (AvgIpc) is 2.85. The molecule has 1 aromatic heterocycles. The number of Topliss-reactive ketones (excluding diaryl/α,β-unsaturated/α-hetero) is 1. The van der Waals surface area contributed by atoms with Gasteiger partial charge in [0.25, 0.3) is 0 Å². The fourth-order valence-electron chi connectivity index (χ4n) is 2.54. The van der Waals surface area contributed by atoms with Crippen LogP contribution in [-0.4, -0.2) is 38.3 Å². The van der Waals surface area contributed by atoms with Crippen molar-refractivity contribution < 1.29 is 13.2 Å². The second-order valence-corrected chi connectivity index (χ2v) is 8.18. The Hall–Kier alpha value is -1.24. The zero-order chi connectivity index (χ0) is 14.2. The fraction of sp³-hybridized carbons (Fsp3) is 0.357. The van der Waals surface area contributed by atoms with Gasteiger partial charge >= 0.3 is 0 Å². The second-order valence-electron chi connectivity index (χ2n) is 5.04. The highest BCUT2D eigenvalue weighted by Crippen LogP contribution is 2.26. The molecule has 3 rings (SSSR count). The monoisotopic (exact) mass is 309 g/mol. The lowest BCUT2D eigenvalue weighted by molar-refractivity contribution is 0.0973. The first-order chi connectivity index (χ1) is 9.55. The first kappa shape index (κ1) is 13.7. The van der Waals surface area contributed by atoms with Crippen molar-refractivity contribution in [3.05, 3.63) is 35.2 Å². The van der Waals surface area contributed by atoms with Gasteiger partial charge in [-0.15, -0.1) is 11.3 Å². The van der Waals surface area contributed by atoms with E-state index in [1.165, 1.54) is 0 Å². The number of fused-ring (bicyclic) bond motifs is 1. The third-order valence-electron chi connectivity index (χ3n) is 3.51. The quantitative estimate of drug-likeness (QED) is 0.879. The summed E-state index contributed by atoms with van der Waals surface area (Å²) in [5.41, 5.74) is 0.697. The van der Waals surface area contributed by atoms with Crippen molar-refractivity contribution in [2.24, 2.45) is 0 Å². The molecule has 2 heterocycles. The Morgan fingerprint density at radius 1 is 1.35 bits per heavy atom. The lowest BCUT2D eigenvalue weighted by atomic mass is 10.0. The topological polar surface area (TPSA) is 63.2 Å². The molecule has 1 saturated heterocycles. The van der Waals surface area contributed by atoms with Crippen molar-refractivity contribution in [1.82, 2.24) is 5.32 Å². The van der Waals surface area contributed by atoms with E-state index in [1.54, 1.807) is 11.3 Å². The van der Waals surface area contributed by atoms with Gasteiger partial charge in [0.2, 0.25) is 0 Å². The van der Waals surface area contributed by atoms with Crippen LogP contribution in [0.15, 0.2) is 29.6 Å². The molecule has 1 N–H and O–H groups in total. The molecular weight excluding hydrogens is 294 g/mol. The van der Waals surface area contributed by atoms with Crippen molar-refractivity contribution in [2.45, 2.75) is 12.5 Å². The van der Waals surface area contributed by atoms with Crippen LogP contribution in [-0.2, 0) is 9.84 Å². The smallest absolute Gasteiger partial charge is 0.165 e. The molecule has 1 atom stereocenters. The molecule has 0 amide bonds. The lowest BCUT2D eigenvalue weighted by Crippen LogP contribution is -2.45. The highest BCUT2D eigenvalue weighted by atomic mass is 32.2. The minimum Gasteiger partial charge on any atom is -0.312 e. The summed E-state index contributed by atoms with van der Waals surface area (Å²) < 4.78 is 24.2. The minimum atomic E-state index is -3.00. The Morgan fingerprint density at radius 3 is 3.00 bits per heavy atom. The number of nitrogens with one attached hydrogen (secondary N) is 1. The highest BCUT2D eigenvalue weighted by molar-refractivity contribution is 7.91. The summed E-state index contributed by atoms with van der Waals surface area (Å²) in [7, 11) is -3.00. The summed E-state index contributed by atoms with van der Waals surface area (Å²) in [5.74, 6) is 0.227. The van der Waals surface area contributed by atoms with Crippen LogP contribution >= 0.6 is 11.3 Å². The van der Waals surface area contributed by atoms with Crippen molar-refractivity contribution in [1.29, 1.82) is 0 Å². The van der Waals surface area contributed by atoms with Crippen LogP contribution in [0.3, 0.4) is 0 Å². The van der Waals surface area contributed by atoms with Gasteiger partial charge in [-0.3, -0.25) is 4.79 Å². The molecule has 1 unspecified atom stereocenters. The molecule has 1 aromatic carbocycles. The van der Waals surface area contributed by atoms with E-state index in [0.717, 1.165) is 10.1 Å². The summed E-state index contributed by atoms with van der Waals surface area (Å²) in [6.45, 7) is 0.434. The molecule has 0 radical (unpaired) electrons. The van der Waals surface area contributed by atoms with Crippen molar-refractivity contribution >= 4 is 37.0 Å². The van der Waals surface area contributed by atoms with Crippen molar-refractivity contribution in [3.8, 4) is 0 Å². The van der Waals surface area contributed by atoms with Crippen LogP contribution in [0.2, 0.25) is 0 Å². The normalized spacial score (nSPS) is 21.9. The van der Waals surface area contributed by atoms with Gasteiger partial charge < -0.3 is 5.32 Å². The van der Waals surface area contributed by atoms with Gasteiger partial charge in [-0.1, -0.05) is 12.1 Å². The van der Waals surface area contributed by atoms with Crippen LogP contribution in [0.1, 0.15) is 16.8 Å². The van der Waals surface area contributed by atoms with Gasteiger partial charge in [0.05, 0.1) is 11.5 Å².